The predicted octanol–water partition coefficient (Wildman–Crippen LogP) is 0.982. The summed E-state index contributed by atoms with van der Waals surface area (Å²) in [5.41, 5.74) is 0.0536. The largest absolute Gasteiger partial charge is 0.349 e. The first-order valence-corrected chi connectivity index (χ1v) is 4.04. The van der Waals surface area contributed by atoms with E-state index in [9.17, 15) is 4.79 Å². The van der Waals surface area contributed by atoms with Gasteiger partial charge in [-0.2, -0.15) is 4.98 Å². The van der Waals surface area contributed by atoms with Crippen LogP contribution in [0, 0.1) is 0 Å². The fourth-order valence-corrected chi connectivity index (χ4v) is 1.20. The molecule has 0 unspecified atom stereocenters. The van der Waals surface area contributed by atoms with Crippen molar-refractivity contribution in [3.63, 3.8) is 0 Å². The van der Waals surface area contributed by atoms with Gasteiger partial charge in [-0.05, 0) is 12.1 Å². The van der Waals surface area contributed by atoms with E-state index >= 15 is 0 Å². The lowest BCUT2D eigenvalue weighted by molar-refractivity contribution is 0.823. The number of hydrogen-bond acceptors (Lipinski definition) is 3. The molecule has 13 heavy (non-hydrogen) atoms. The van der Waals surface area contributed by atoms with Gasteiger partial charge in [-0.15, -0.1) is 0 Å². The van der Waals surface area contributed by atoms with E-state index < -0.39 is 0 Å². The molecule has 0 aliphatic heterocycles. The average Bonchev–Trinajstić information content (AvgIpc) is 2.08. The minimum absolute atomic E-state index is 0.331. The smallest absolute Gasteiger partial charge is 0.302 e. The Labute approximate surface area is 78.8 Å². The molecule has 5 heteroatoms. The first kappa shape index (κ1) is 8.19. The first-order chi connectivity index (χ1) is 6.16. The third-order valence-electron chi connectivity index (χ3n) is 1.71. The Morgan fingerprint density at radius 2 is 2.15 bits per heavy atom. The van der Waals surface area contributed by atoms with Crippen LogP contribution in [0.5, 0.6) is 0 Å². The minimum Gasteiger partial charge on any atom is -0.302 e. The van der Waals surface area contributed by atoms with Crippen molar-refractivity contribution in [2.45, 2.75) is 0 Å². The number of fused-ring (bicyclic) bond motifs is 1. The molecule has 0 radical (unpaired) electrons. The molecular formula is C8H6ClN3O. The lowest BCUT2D eigenvalue weighted by Gasteiger charge is -1.98. The van der Waals surface area contributed by atoms with Crippen molar-refractivity contribution in [1.82, 2.24) is 14.5 Å². The fraction of sp³-hybridized carbons (Fsp3) is 0.125. The molecule has 0 aliphatic carbocycles. The van der Waals surface area contributed by atoms with E-state index in [1.165, 1.54) is 4.57 Å². The number of hydrogen-bond donors (Lipinski definition) is 0. The predicted molar refractivity (Wildman–Crippen MR) is 49.8 cm³/mol. The summed E-state index contributed by atoms with van der Waals surface area (Å²) in [5, 5.41) is 1.14. The normalized spacial score (nSPS) is 10.6. The Hall–Kier alpha value is -1.42. The van der Waals surface area contributed by atoms with E-state index in [1.807, 2.05) is 0 Å². The number of rotatable bonds is 0. The maximum absolute atomic E-state index is 11.1. The van der Waals surface area contributed by atoms with Gasteiger partial charge in [0.1, 0.15) is 5.15 Å². The van der Waals surface area contributed by atoms with Crippen molar-refractivity contribution in [3.05, 3.63) is 34.0 Å². The van der Waals surface area contributed by atoms with E-state index in [1.54, 1.807) is 25.4 Å². The van der Waals surface area contributed by atoms with Crippen LogP contribution in [0.25, 0.3) is 11.0 Å². The number of halogens is 1. The summed E-state index contributed by atoms with van der Waals surface area (Å²) >= 11 is 5.65. The first-order valence-electron chi connectivity index (χ1n) is 3.67. The molecule has 0 saturated heterocycles. The fourth-order valence-electron chi connectivity index (χ4n) is 1.06. The molecule has 4 nitrogen and oxygen atoms in total. The van der Waals surface area contributed by atoms with Crippen LogP contribution in [-0.4, -0.2) is 14.5 Å². The van der Waals surface area contributed by atoms with Gasteiger partial charge in [0.15, 0.2) is 5.65 Å². The van der Waals surface area contributed by atoms with Crippen molar-refractivity contribution in [2.24, 2.45) is 7.05 Å². The van der Waals surface area contributed by atoms with Crippen LogP contribution in [-0.2, 0) is 7.05 Å². The quantitative estimate of drug-likeness (QED) is 0.589. The summed E-state index contributed by atoms with van der Waals surface area (Å²) in [4.78, 5) is 18.8. The van der Waals surface area contributed by atoms with Crippen LogP contribution in [0.15, 0.2) is 23.1 Å². The van der Waals surface area contributed by atoms with Gasteiger partial charge in [0.25, 0.3) is 0 Å². The maximum atomic E-state index is 11.1. The highest BCUT2D eigenvalue weighted by atomic mass is 35.5. The molecule has 0 fully saturated rings. The van der Waals surface area contributed by atoms with E-state index in [4.69, 9.17) is 11.6 Å². The number of aryl methyl sites for hydroxylation is 1. The molecule has 0 atom stereocenters. The van der Waals surface area contributed by atoms with Gasteiger partial charge >= 0.3 is 5.69 Å². The Bertz CT molecular complexity index is 520. The highest BCUT2D eigenvalue weighted by molar-refractivity contribution is 6.29. The van der Waals surface area contributed by atoms with Crippen LogP contribution < -0.4 is 5.69 Å². The molecule has 0 saturated carbocycles. The van der Waals surface area contributed by atoms with Crippen LogP contribution >= 0.6 is 11.6 Å². The van der Waals surface area contributed by atoms with E-state index in [0.717, 1.165) is 5.39 Å². The van der Waals surface area contributed by atoms with E-state index in [0.29, 0.717) is 10.8 Å². The van der Waals surface area contributed by atoms with Crippen LogP contribution in [0.4, 0.5) is 0 Å². The van der Waals surface area contributed by atoms with Crippen molar-refractivity contribution in [2.75, 3.05) is 0 Å². The van der Waals surface area contributed by atoms with Crippen molar-refractivity contribution in [3.8, 4) is 0 Å². The Morgan fingerprint density at radius 3 is 2.92 bits per heavy atom. The zero-order valence-electron chi connectivity index (χ0n) is 6.86. The van der Waals surface area contributed by atoms with Gasteiger partial charge < -0.3 is 4.57 Å². The SMILES string of the molecule is Cn1cc2ccc(Cl)nc2nc1=O. The number of pyridine rings is 1. The summed E-state index contributed by atoms with van der Waals surface area (Å²) in [6.07, 6.45) is 1.67. The summed E-state index contributed by atoms with van der Waals surface area (Å²) in [7, 11) is 1.64. The summed E-state index contributed by atoms with van der Waals surface area (Å²) in [6, 6.07) is 3.44. The van der Waals surface area contributed by atoms with Crippen molar-refractivity contribution < 1.29 is 0 Å². The Balaban J connectivity index is 2.89. The standard InChI is InChI=1S/C8H6ClN3O/c1-12-4-5-2-3-6(9)10-7(5)11-8(12)13/h2-4H,1H3. The van der Waals surface area contributed by atoms with E-state index in [-0.39, 0.29) is 5.69 Å². The molecule has 0 spiro atoms. The lowest BCUT2D eigenvalue weighted by Crippen LogP contribution is -2.19. The minimum atomic E-state index is -0.331. The van der Waals surface area contributed by atoms with Crippen molar-refractivity contribution >= 4 is 22.6 Å². The molecule has 0 aliphatic rings. The second-order valence-electron chi connectivity index (χ2n) is 2.68. The summed E-state index contributed by atoms with van der Waals surface area (Å²) in [5.74, 6) is 0. The van der Waals surface area contributed by atoms with Crippen LogP contribution in [0.1, 0.15) is 0 Å². The second kappa shape index (κ2) is 2.81. The van der Waals surface area contributed by atoms with E-state index in [2.05, 4.69) is 9.97 Å². The molecule has 66 valence electrons. The molecule has 2 rings (SSSR count). The third-order valence-corrected chi connectivity index (χ3v) is 1.92. The molecular weight excluding hydrogens is 190 g/mol. The average molecular weight is 196 g/mol. The highest BCUT2D eigenvalue weighted by Crippen LogP contribution is 2.10. The highest BCUT2D eigenvalue weighted by Gasteiger charge is 1.99. The number of aromatic nitrogens is 3. The molecule has 2 heterocycles. The van der Waals surface area contributed by atoms with Gasteiger partial charge in [0, 0.05) is 18.6 Å². The van der Waals surface area contributed by atoms with Gasteiger partial charge in [-0.3, -0.25) is 0 Å². The summed E-state index contributed by atoms with van der Waals surface area (Å²) in [6.45, 7) is 0. The van der Waals surface area contributed by atoms with Gasteiger partial charge in [-0.1, -0.05) is 11.6 Å². The van der Waals surface area contributed by atoms with Crippen LogP contribution in [0.3, 0.4) is 0 Å². The Kier molecular flexibility index (Phi) is 1.77. The zero-order valence-corrected chi connectivity index (χ0v) is 7.62. The van der Waals surface area contributed by atoms with Crippen LogP contribution in [0.2, 0.25) is 5.15 Å². The van der Waals surface area contributed by atoms with Gasteiger partial charge in [0.2, 0.25) is 0 Å². The molecule has 0 amide bonds. The molecule has 0 N–H and O–H groups in total. The third kappa shape index (κ3) is 1.40. The molecule has 0 bridgehead atoms. The molecule has 0 aromatic carbocycles. The topological polar surface area (TPSA) is 47.8 Å². The summed E-state index contributed by atoms with van der Waals surface area (Å²) < 4.78 is 1.40. The van der Waals surface area contributed by atoms with Gasteiger partial charge in [-0.25, -0.2) is 9.78 Å². The molecule has 2 aromatic rings. The Morgan fingerprint density at radius 1 is 1.38 bits per heavy atom. The maximum Gasteiger partial charge on any atom is 0.349 e. The monoisotopic (exact) mass is 195 g/mol. The molecule has 2 aromatic heterocycles. The number of nitrogens with zero attached hydrogens (tertiary/aromatic N) is 3. The zero-order chi connectivity index (χ0) is 9.42. The lowest BCUT2D eigenvalue weighted by atomic mass is 10.3. The van der Waals surface area contributed by atoms with Crippen molar-refractivity contribution in [1.29, 1.82) is 0 Å². The second-order valence-corrected chi connectivity index (χ2v) is 3.07. The van der Waals surface area contributed by atoms with Gasteiger partial charge in [0.05, 0.1) is 0 Å².